The molecule has 0 radical (unpaired) electrons. The van der Waals surface area contributed by atoms with Gasteiger partial charge in [-0.05, 0) is 31.4 Å². The van der Waals surface area contributed by atoms with E-state index < -0.39 is 46.4 Å². The summed E-state index contributed by atoms with van der Waals surface area (Å²) in [4.78, 5) is 12.8. The van der Waals surface area contributed by atoms with Crippen molar-refractivity contribution in [2.75, 3.05) is 6.61 Å². The van der Waals surface area contributed by atoms with Gasteiger partial charge >= 0.3 is 0 Å². The van der Waals surface area contributed by atoms with Crippen LogP contribution in [-0.4, -0.2) is 61.8 Å². The third-order valence-electron chi connectivity index (χ3n) is 8.90. The standard InChI is InChI=1S/C22H30O6/c1-10-5-15-20(26,17(10)24)8-13(9-23)6-14-16-19(4)7-11(2)28-22(16,19)18(25)12(3)21(14,15)27/h5-6,11-12,14-16,18,23,25-27H,7-9H2,1-4H3/t11?,12-,14+,15-,16-,18-,19-,20-,21-,22-/m1/s1. The molecule has 0 aromatic heterocycles. The molecule has 5 aliphatic rings. The van der Waals surface area contributed by atoms with E-state index in [4.69, 9.17) is 4.74 Å². The van der Waals surface area contributed by atoms with Gasteiger partial charge in [-0.3, -0.25) is 4.79 Å². The number of rotatable bonds is 1. The molecule has 1 unspecified atom stereocenters. The molecule has 1 saturated heterocycles. The molecule has 1 aliphatic heterocycles. The fourth-order valence-corrected chi connectivity index (χ4v) is 7.77. The number of carbonyl (C=O) groups is 1. The monoisotopic (exact) mass is 390 g/mol. The first-order chi connectivity index (χ1) is 13.0. The maximum Gasteiger partial charge on any atom is 0.190 e. The SMILES string of the molecule is CC1=C[C@H]2[C@@]3(O)[C@H](C)[C@@H](O)[C@@]45OC(C)C[C@]4(C)[C@H]5[C@@H]3C=C(CO)C[C@]2(O)C1=O. The lowest BCUT2D eigenvalue weighted by Gasteiger charge is -2.52. The van der Waals surface area contributed by atoms with Crippen LogP contribution < -0.4 is 0 Å². The molecule has 0 bridgehead atoms. The summed E-state index contributed by atoms with van der Waals surface area (Å²) in [5.41, 5.74) is -3.31. The lowest BCUT2D eigenvalue weighted by molar-refractivity contribution is -0.220. The molecular formula is C22H30O6. The summed E-state index contributed by atoms with van der Waals surface area (Å²) in [5, 5.41) is 44.8. The maximum absolute atomic E-state index is 12.8. The summed E-state index contributed by atoms with van der Waals surface area (Å²) in [6.45, 7) is 7.27. The summed E-state index contributed by atoms with van der Waals surface area (Å²) < 4.78 is 6.30. The molecule has 0 amide bonds. The van der Waals surface area contributed by atoms with Gasteiger partial charge < -0.3 is 25.2 Å². The topological polar surface area (TPSA) is 107 Å². The predicted molar refractivity (Wildman–Crippen MR) is 100 cm³/mol. The van der Waals surface area contributed by atoms with E-state index in [9.17, 15) is 25.2 Å². The van der Waals surface area contributed by atoms with Crippen LogP contribution in [0.25, 0.3) is 0 Å². The number of hydrogen-bond donors (Lipinski definition) is 4. The summed E-state index contributed by atoms with van der Waals surface area (Å²) >= 11 is 0. The van der Waals surface area contributed by atoms with Crippen LogP contribution in [-0.2, 0) is 9.53 Å². The highest BCUT2D eigenvalue weighted by atomic mass is 16.5. The number of fused-ring (bicyclic) bond motifs is 5. The fraction of sp³-hybridized carbons (Fsp3) is 0.773. The second-order valence-corrected chi connectivity index (χ2v) is 10.2. The Morgan fingerprint density at radius 3 is 2.57 bits per heavy atom. The Morgan fingerprint density at radius 2 is 1.93 bits per heavy atom. The van der Waals surface area contributed by atoms with E-state index in [1.807, 2.05) is 13.0 Å². The average Bonchev–Trinajstić information content (AvgIpc) is 2.93. The molecule has 0 aromatic carbocycles. The van der Waals surface area contributed by atoms with Crippen LogP contribution >= 0.6 is 0 Å². The Hall–Kier alpha value is -1.05. The molecule has 6 heteroatoms. The smallest absolute Gasteiger partial charge is 0.190 e. The molecule has 4 aliphatic carbocycles. The Balaban J connectivity index is 1.72. The van der Waals surface area contributed by atoms with Crippen molar-refractivity contribution < 1.29 is 30.0 Å². The molecule has 5 rings (SSSR count). The van der Waals surface area contributed by atoms with Gasteiger partial charge in [0.15, 0.2) is 5.78 Å². The third-order valence-corrected chi connectivity index (χ3v) is 8.90. The van der Waals surface area contributed by atoms with Crippen LogP contribution in [0.2, 0.25) is 0 Å². The summed E-state index contributed by atoms with van der Waals surface area (Å²) in [6, 6.07) is 0. The van der Waals surface area contributed by atoms with Gasteiger partial charge in [0.2, 0.25) is 0 Å². The number of ether oxygens (including phenoxy) is 1. The molecular weight excluding hydrogens is 360 g/mol. The number of ketones is 1. The molecule has 4 N–H and O–H groups in total. The normalized spacial score (nSPS) is 59.5. The first-order valence-corrected chi connectivity index (χ1v) is 10.3. The number of aliphatic hydroxyl groups excluding tert-OH is 2. The van der Waals surface area contributed by atoms with Gasteiger partial charge in [0.05, 0.1) is 24.4 Å². The Kier molecular flexibility index (Phi) is 3.49. The highest BCUT2D eigenvalue weighted by Crippen LogP contribution is 2.80. The quantitative estimate of drug-likeness (QED) is 0.492. The lowest BCUT2D eigenvalue weighted by atomic mass is 9.59. The number of Topliss-reactive ketones (excluding diaryl/α,β-unsaturated/α-hetero) is 1. The van der Waals surface area contributed by atoms with E-state index in [0.717, 1.165) is 6.42 Å². The molecule has 1 spiro atoms. The molecule has 2 saturated carbocycles. The molecule has 28 heavy (non-hydrogen) atoms. The van der Waals surface area contributed by atoms with E-state index >= 15 is 0 Å². The van der Waals surface area contributed by atoms with Crippen LogP contribution in [0.5, 0.6) is 0 Å². The van der Waals surface area contributed by atoms with Crippen molar-refractivity contribution in [3.05, 3.63) is 23.3 Å². The zero-order valence-corrected chi connectivity index (χ0v) is 16.8. The largest absolute Gasteiger partial charge is 0.392 e. The zero-order valence-electron chi connectivity index (χ0n) is 16.8. The fourth-order valence-electron chi connectivity index (χ4n) is 7.77. The average molecular weight is 390 g/mol. The van der Waals surface area contributed by atoms with Gasteiger partial charge in [0.25, 0.3) is 0 Å². The van der Waals surface area contributed by atoms with Crippen LogP contribution in [0, 0.1) is 29.1 Å². The number of aliphatic hydroxyl groups is 4. The van der Waals surface area contributed by atoms with Crippen LogP contribution in [0.1, 0.15) is 40.5 Å². The van der Waals surface area contributed by atoms with E-state index in [1.54, 1.807) is 19.9 Å². The van der Waals surface area contributed by atoms with E-state index in [0.29, 0.717) is 11.1 Å². The van der Waals surface area contributed by atoms with Gasteiger partial charge in [0.1, 0.15) is 11.2 Å². The highest BCUT2D eigenvalue weighted by molar-refractivity contribution is 6.04. The zero-order chi connectivity index (χ0) is 20.4. The number of carbonyl (C=O) groups excluding carboxylic acids is 1. The predicted octanol–water partition coefficient (Wildman–Crippen LogP) is 0.727. The first-order valence-electron chi connectivity index (χ1n) is 10.3. The minimum Gasteiger partial charge on any atom is -0.392 e. The van der Waals surface area contributed by atoms with Crippen molar-refractivity contribution in [1.29, 1.82) is 0 Å². The van der Waals surface area contributed by atoms with Crippen molar-refractivity contribution in [2.24, 2.45) is 29.1 Å². The van der Waals surface area contributed by atoms with E-state index in [-0.39, 0.29) is 30.5 Å². The maximum atomic E-state index is 12.8. The van der Waals surface area contributed by atoms with Crippen molar-refractivity contribution in [3.8, 4) is 0 Å². The van der Waals surface area contributed by atoms with Gasteiger partial charge in [-0.15, -0.1) is 0 Å². The minimum absolute atomic E-state index is 0.00381. The summed E-state index contributed by atoms with van der Waals surface area (Å²) in [6.07, 6.45) is 3.46. The van der Waals surface area contributed by atoms with Crippen molar-refractivity contribution >= 4 is 5.78 Å². The van der Waals surface area contributed by atoms with Gasteiger partial charge in [-0.25, -0.2) is 0 Å². The van der Waals surface area contributed by atoms with Gasteiger partial charge in [-0.1, -0.05) is 26.0 Å². The van der Waals surface area contributed by atoms with E-state index in [2.05, 4.69) is 6.92 Å². The summed E-state index contributed by atoms with van der Waals surface area (Å²) in [7, 11) is 0. The molecule has 6 nitrogen and oxygen atoms in total. The lowest BCUT2D eigenvalue weighted by Crippen LogP contribution is -2.65. The summed E-state index contributed by atoms with van der Waals surface area (Å²) in [5.74, 6) is -2.39. The van der Waals surface area contributed by atoms with Crippen molar-refractivity contribution in [3.63, 3.8) is 0 Å². The molecule has 154 valence electrons. The minimum atomic E-state index is -1.79. The van der Waals surface area contributed by atoms with Gasteiger partial charge in [0, 0.05) is 35.5 Å². The third kappa shape index (κ3) is 1.73. The second kappa shape index (κ2) is 5.16. The van der Waals surface area contributed by atoms with Crippen molar-refractivity contribution in [1.82, 2.24) is 0 Å². The number of hydrogen-bond acceptors (Lipinski definition) is 6. The van der Waals surface area contributed by atoms with Crippen LogP contribution in [0.3, 0.4) is 0 Å². The van der Waals surface area contributed by atoms with Crippen molar-refractivity contribution in [2.45, 2.75) is 69.5 Å². The van der Waals surface area contributed by atoms with Crippen LogP contribution in [0.4, 0.5) is 0 Å². The molecule has 10 atom stereocenters. The molecule has 0 aromatic rings. The highest BCUT2D eigenvalue weighted by Gasteiger charge is 2.89. The Morgan fingerprint density at radius 1 is 1.25 bits per heavy atom. The molecule has 1 heterocycles. The first kappa shape index (κ1) is 18.9. The van der Waals surface area contributed by atoms with Crippen LogP contribution in [0.15, 0.2) is 23.3 Å². The second-order valence-electron chi connectivity index (χ2n) is 10.2. The van der Waals surface area contributed by atoms with E-state index in [1.165, 1.54) is 0 Å². The Labute approximate surface area is 164 Å². The molecule has 3 fully saturated rings. The Bertz CT molecular complexity index is 833. The van der Waals surface area contributed by atoms with Gasteiger partial charge in [-0.2, -0.15) is 0 Å².